The Balaban J connectivity index is 1.74. The van der Waals surface area contributed by atoms with Gasteiger partial charge in [-0.1, -0.05) is 18.2 Å². The van der Waals surface area contributed by atoms with E-state index in [0.29, 0.717) is 5.41 Å². The minimum Gasteiger partial charge on any atom is -0.310 e. The topological polar surface area (TPSA) is 29.9 Å². The molecule has 1 N–H and O–H groups in total. The molecule has 0 unspecified atom stereocenters. The van der Waals surface area contributed by atoms with Gasteiger partial charge in [-0.25, -0.2) is 0 Å². The van der Waals surface area contributed by atoms with Crippen molar-refractivity contribution in [2.45, 2.75) is 32.9 Å². The Bertz CT molecular complexity index is 572. The Morgan fingerprint density at radius 1 is 1.37 bits per heavy atom. The standard InChI is InChI=1S/C15H20ClN3/c1-2-19-14-6-4-3-5-12(14)13(18-19)9-17-11-15(10-16)7-8-15/h3-6,17H,2,7-11H2,1H3. The van der Waals surface area contributed by atoms with E-state index in [4.69, 9.17) is 16.7 Å². The Morgan fingerprint density at radius 3 is 2.84 bits per heavy atom. The Kier molecular flexibility index (Phi) is 3.50. The van der Waals surface area contributed by atoms with E-state index >= 15 is 0 Å². The minimum absolute atomic E-state index is 0.366. The van der Waals surface area contributed by atoms with Crippen molar-refractivity contribution in [3.05, 3.63) is 30.0 Å². The number of rotatable bonds is 6. The zero-order valence-corrected chi connectivity index (χ0v) is 12.1. The fraction of sp³-hybridized carbons (Fsp3) is 0.533. The number of nitrogens with zero attached hydrogens (tertiary/aromatic N) is 2. The lowest BCUT2D eigenvalue weighted by Gasteiger charge is -2.11. The van der Waals surface area contributed by atoms with Gasteiger partial charge in [0.1, 0.15) is 0 Å². The maximum atomic E-state index is 6.00. The van der Waals surface area contributed by atoms with Crippen molar-refractivity contribution in [2.75, 3.05) is 12.4 Å². The third-order valence-corrected chi connectivity index (χ3v) is 4.63. The summed E-state index contributed by atoms with van der Waals surface area (Å²) in [6.45, 7) is 4.87. The summed E-state index contributed by atoms with van der Waals surface area (Å²) in [5.41, 5.74) is 2.73. The smallest absolute Gasteiger partial charge is 0.0841 e. The number of fused-ring (bicyclic) bond motifs is 1. The van der Waals surface area contributed by atoms with Crippen molar-refractivity contribution in [1.82, 2.24) is 15.1 Å². The van der Waals surface area contributed by atoms with E-state index in [9.17, 15) is 0 Å². The van der Waals surface area contributed by atoms with Gasteiger partial charge in [-0.15, -0.1) is 11.6 Å². The molecule has 2 aromatic rings. The van der Waals surface area contributed by atoms with Gasteiger partial charge in [0.05, 0.1) is 11.2 Å². The highest BCUT2D eigenvalue weighted by Gasteiger charge is 2.41. The molecule has 0 radical (unpaired) electrons. The molecule has 1 aromatic carbocycles. The number of alkyl halides is 1. The largest absolute Gasteiger partial charge is 0.310 e. The predicted molar refractivity (Wildman–Crippen MR) is 79.5 cm³/mol. The Labute approximate surface area is 118 Å². The van der Waals surface area contributed by atoms with E-state index < -0.39 is 0 Å². The van der Waals surface area contributed by atoms with Gasteiger partial charge in [0.25, 0.3) is 0 Å². The lowest BCUT2D eigenvalue weighted by Crippen LogP contribution is -2.25. The van der Waals surface area contributed by atoms with Crippen molar-refractivity contribution in [2.24, 2.45) is 5.41 Å². The summed E-state index contributed by atoms with van der Waals surface area (Å²) in [5, 5.41) is 9.48. The summed E-state index contributed by atoms with van der Waals surface area (Å²) in [6, 6.07) is 8.44. The molecule has 3 rings (SSSR count). The fourth-order valence-electron chi connectivity index (χ4n) is 2.55. The molecule has 1 aliphatic rings. The molecule has 1 heterocycles. The number of hydrogen-bond acceptors (Lipinski definition) is 2. The lowest BCUT2D eigenvalue weighted by atomic mass is 10.1. The van der Waals surface area contributed by atoms with Crippen molar-refractivity contribution >= 4 is 22.5 Å². The first kappa shape index (κ1) is 12.9. The third-order valence-electron chi connectivity index (χ3n) is 4.07. The van der Waals surface area contributed by atoms with Crippen LogP contribution in [0.2, 0.25) is 0 Å². The van der Waals surface area contributed by atoms with Crippen LogP contribution < -0.4 is 5.32 Å². The van der Waals surface area contributed by atoms with Crippen molar-refractivity contribution in [3.8, 4) is 0 Å². The third kappa shape index (κ3) is 2.49. The average molecular weight is 278 g/mol. The molecule has 1 aliphatic carbocycles. The van der Waals surface area contributed by atoms with Gasteiger partial charge in [0.15, 0.2) is 0 Å². The van der Waals surface area contributed by atoms with Gasteiger partial charge in [-0.3, -0.25) is 4.68 Å². The summed E-state index contributed by atoms with van der Waals surface area (Å²) >= 11 is 6.00. The van der Waals surface area contributed by atoms with Gasteiger partial charge in [-0.2, -0.15) is 5.10 Å². The molecular weight excluding hydrogens is 258 g/mol. The van der Waals surface area contributed by atoms with Crippen molar-refractivity contribution < 1.29 is 0 Å². The molecule has 1 fully saturated rings. The Morgan fingerprint density at radius 2 is 2.16 bits per heavy atom. The van der Waals surface area contributed by atoms with E-state index in [1.807, 2.05) is 0 Å². The second-order valence-corrected chi connectivity index (χ2v) is 5.78. The maximum absolute atomic E-state index is 6.00. The van der Waals surface area contributed by atoms with Gasteiger partial charge < -0.3 is 5.32 Å². The quantitative estimate of drug-likeness (QED) is 0.822. The van der Waals surface area contributed by atoms with Gasteiger partial charge in [0.2, 0.25) is 0 Å². The lowest BCUT2D eigenvalue weighted by molar-refractivity contribution is 0.499. The first-order valence-corrected chi connectivity index (χ1v) is 7.52. The SMILES string of the molecule is CCn1nc(CNCC2(CCl)CC2)c2ccccc21. The number of benzene rings is 1. The maximum Gasteiger partial charge on any atom is 0.0841 e. The van der Waals surface area contributed by atoms with E-state index in [0.717, 1.165) is 31.2 Å². The fourth-order valence-corrected chi connectivity index (χ4v) is 2.91. The predicted octanol–water partition coefficient (Wildman–Crippen LogP) is 3.16. The van der Waals surface area contributed by atoms with Crippen LogP contribution in [-0.2, 0) is 13.1 Å². The molecule has 1 saturated carbocycles. The average Bonchev–Trinajstić information content (AvgIpc) is 3.15. The molecule has 0 bridgehead atoms. The second kappa shape index (κ2) is 5.14. The number of halogens is 1. The van der Waals surface area contributed by atoms with Crippen LogP contribution in [0.3, 0.4) is 0 Å². The molecule has 0 atom stereocenters. The number of para-hydroxylation sites is 1. The zero-order valence-electron chi connectivity index (χ0n) is 11.3. The van der Waals surface area contributed by atoms with E-state index in [-0.39, 0.29) is 0 Å². The van der Waals surface area contributed by atoms with E-state index in [1.165, 1.54) is 23.7 Å². The minimum atomic E-state index is 0.366. The molecule has 0 saturated heterocycles. The summed E-state index contributed by atoms with van der Waals surface area (Å²) in [7, 11) is 0. The number of aryl methyl sites for hydroxylation is 1. The molecule has 0 spiro atoms. The van der Waals surface area contributed by atoms with Gasteiger partial charge in [0, 0.05) is 30.9 Å². The number of aromatic nitrogens is 2. The molecule has 102 valence electrons. The molecule has 3 nitrogen and oxygen atoms in total. The van der Waals surface area contributed by atoms with Crippen LogP contribution >= 0.6 is 11.6 Å². The molecular formula is C15H20ClN3. The van der Waals surface area contributed by atoms with Crippen LogP contribution in [0, 0.1) is 5.41 Å². The monoisotopic (exact) mass is 277 g/mol. The van der Waals surface area contributed by atoms with Crippen LogP contribution in [0.25, 0.3) is 10.9 Å². The highest BCUT2D eigenvalue weighted by molar-refractivity contribution is 6.18. The van der Waals surface area contributed by atoms with E-state index in [2.05, 4.69) is 41.2 Å². The van der Waals surface area contributed by atoms with Crippen LogP contribution in [0.4, 0.5) is 0 Å². The van der Waals surface area contributed by atoms with Crippen LogP contribution in [-0.4, -0.2) is 22.2 Å². The van der Waals surface area contributed by atoms with Gasteiger partial charge >= 0.3 is 0 Å². The normalized spacial score (nSPS) is 16.9. The first-order valence-electron chi connectivity index (χ1n) is 6.99. The van der Waals surface area contributed by atoms with Crippen molar-refractivity contribution in [3.63, 3.8) is 0 Å². The zero-order chi connectivity index (χ0) is 13.3. The highest BCUT2D eigenvalue weighted by atomic mass is 35.5. The first-order chi connectivity index (χ1) is 9.28. The van der Waals surface area contributed by atoms with E-state index in [1.54, 1.807) is 0 Å². The summed E-state index contributed by atoms with van der Waals surface area (Å²) in [6.07, 6.45) is 2.52. The molecule has 4 heteroatoms. The molecule has 1 aromatic heterocycles. The highest BCUT2D eigenvalue weighted by Crippen LogP contribution is 2.45. The molecule has 0 amide bonds. The summed E-state index contributed by atoms with van der Waals surface area (Å²) in [5.74, 6) is 0.768. The number of nitrogens with one attached hydrogen (secondary N) is 1. The van der Waals surface area contributed by atoms with Crippen molar-refractivity contribution in [1.29, 1.82) is 0 Å². The van der Waals surface area contributed by atoms with Crippen LogP contribution in [0.15, 0.2) is 24.3 Å². The summed E-state index contributed by atoms with van der Waals surface area (Å²) in [4.78, 5) is 0. The molecule has 0 aliphatic heterocycles. The van der Waals surface area contributed by atoms with Gasteiger partial charge in [-0.05, 0) is 31.2 Å². The number of hydrogen-bond donors (Lipinski definition) is 1. The van der Waals surface area contributed by atoms with Crippen LogP contribution in [0.1, 0.15) is 25.5 Å². The molecule has 19 heavy (non-hydrogen) atoms. The Hall–Kier alpha value is -1.06. The second-order valence-electron chi connectivity index (χ2n) is 5.52. The summed E-state index contributed by atoms with van der Waals surface area (Å²) < 4.78 is 2.07. The van der Waals surface area contributed by atoms with Crippen LogP contribution in [0.5, 0.6) is 0 Å².